The molecular formula is C27H33N3O10. The van der Waals surface area contributed by atoms with E-state index in [1.807, 2.05) is 29.6 Å². The zero-order valence-corrected chi connectivity index (χ0v) is 21.9. The molecule has 216 valence electrons. The Labute approximate surface area is 231 Å². The number of hydrogen-bond acceptors (Lipinski definition) is 9. The fourth-order valence-electron chi connectivity index (χ4n) is 3.94. The fraction of sp³-hybridized carbons (Fsp3) is 0.407. The molecule has 4 N–H and O–H groups in total. The van der Waals surface area contributed by atoms with Crippen LogP contribution < -0.4 is 16.0 Å². The highest BCUT2D eigenvalue weighted by molar-refractivity contribution is 5.79. The molecule has 3 amide bonds. The number of aliphatic carboxylic acids is 1. The number of carboxylic acid groups (broad SMARTS) is 1. The van der Waals surface area contributed by atoms with Crippen molar-refractivity contribution in [3.8, 4) is 11.1 Å². The smallest absolute Gasteiger partial charge is 0.407 e. The number of hydrogen-bond donors (Lipinski definition) is 4. The molecule has 0 saturated carbocycles. The highest BCUT2D eigenvalue weighted by Crippen LogP contribution is 2.44. The molecule has 2 aromatic carbocycles. The number of alkyl carbamates (subject to hydrolysis) is 3. The molecule has 0 unspecified atom stereocenters. The summed E-state index contributed by atoms with van der Waals surface area (Å²) in [6, 6.07) is 16.2. The summed E-state index contributed by atoms with van der Waals surface area (Å²) in [4.78, 5) is 45.2. The first-order chi connectivity index (χ1) is 19.5. The summed E-state index contributed by atoms with van der Waals surface area (Å²) in [7, 11) is 0. The quantitative estimate of drug-likeness (QED) is 0.176. The molecule has 0 radical (unpaired) electrons. The van der Waals surface area contributed by atoms with Crippen LogP contribution in [0.25, 0.3) is 11.1 Å². The maximum Gasteiger partial charge on any atom is 0.407 e. The van der Waals surface area contributed by atoms with Crippen molar-refractivity contribution in [2.75, 3.05) is 65.9 Å². The largest absolute Gasteiger partial charge is 0.480 e. The molecule has 13 nitrogen and oxygen atoms in total. The first-order valence-electron chi connectivity index (χ1n) is 12.7. The van der Waals surface area contributed by atoms with E-state index in [0.29, 0.717) is 0 Å². The number of nitrogens with one attached hydrogen (secondary N) is 3. The van der Waals surface area contributed by atoms with Crippen molar-refractivity contribution in [2.24, 2.45) is 0 Å². The van der Waals surface area contributed by atoms with Gasteiger partial charge in [-0.15, -0.1) is 0 Å². The van der Waals surface area contributed by atoms with E-state index in [0.717, 1.165) is 22.3 Å². The molecular weight excluding hydrogens is 526 g/mol. The third-order valence-electron chi connectivity index (χ3n) is 5.68. The van der Waals surface area contributed by atoms with Crippen molar-refractivity contribution in [1.82, 2.24) is 16.0 Å². The summed E-state index contributed by atoms with van der Waals surface area (Å²) >= 11 is 0. The summed E-state index contributed by atoms with van der Waals surface area (Å²) in [5.74, 6) is -1.19. The number of benzene rings is 2. The number of carbonyl (C=O) groups is 4. The summed E-state index contributed by atoms with van der Waals surface area (Å²) in [6.07, 6.45) is -2.03. The van der Waals surface area contributed by atoms with E-state index in [9.17, 15) is 19.2 Å². The van der Waals surface area contributed by atoms with Gasteiger partial charge >= 0.3 is 24.2 Å². The van der Waals surface area contributed by atoms with Crippen molar-refractivity contribution >= 4 is 24.2 Å². The SMILES string of the molecule is O=C(O)CNC(=O)OCCOCCNC(=O)OCCOCCNC(=O)OCC1c2ccccc2-c2ccccc21. The highest BCUT2D eigenvalue weighted by Gasteiger charge is 2.28. The number of ether oxygens (including phenoxy) is 5. The molecule has 0 aliphatic heterocycles. The van der Waals surface area contributed by atoms with E-state index in [-0.39, 0.29) is 65.3 Å². The highest BCUT2D eigenvalue weighted by atomic mass is 16.6. The Bertz CT molecular complexity index is 1100. The average Bonchev–Trinajstić information content (AvgIpc) is 3.27. The second kappa shape index (κ2) is 16.6. The Morgan fingerprint density at radius 3 is 1.62 bits per heavy atom. The van der Waals surface area contributed by atoms with Gasteiger partial charge < -0.3 is 44.7 Å². The zero-order chi connectivity index (χ0) is 28.6. The molecule has 0 heterocycles. The zero-order valence-electron chi connectivity index (χ0n) is 21.9. The van der Waals surface area contributed by atoms with Crippen molar-refractivity contribution in [3.05, 3.63) is 59.7 Å². The van der Waals surface area contributed by atoms with E-state index in [2.05, 4.69) is 39.6 Å². The lowest BCUT2D eigenvalue weighted by atomic mass is 9.98. The van der Waals surface area contributed by atoms with Gasteiger partial charge in [0.15, 0.2) is 0 Å². The number of fused-ring (bicyclic) bond motifs is 3. The van der Waals surface area contributed by atoms with Crippen LogP contribution in [0.3, 0.4) is 0 Å². The third kappa shape index (κ3) is 10.1. The Morgan fingerprint density at radius 1 is 0.625 bits per heavy atom. The molecule has 3 rings (SSSR count). The molecule has 2 aromatic rings. The van der Waals surface area contributed by atoms with Crippen LogP contribution >= 0.6 is 0 Å². The first kappa shape index (κ1) is 30.2. The minimum Gasteiger partial charge on any atom is -0.480 e. The topological polar surface area (TPSA) is 171 Å². The second-order valence-corrected chi connectivity index (χ2v) is 8.42. The summed E-state index contributed by atoms with van der Waals surface area (Å²) < 4.78 is 25.6. The third-order valence-corrected chi connectivity index (χ3v) is 5.68. The van der Waals surface area contributed by atoms with Crippen molar-refractivity contribution in [1.29, 1.82) is 0 Å². The fourth-order valence-corrected chi connectivity index (χ4v) is 3.94. The van der Waals surface area contributed by atoms with E-state index >= 15 is 0 Å². The van der Waals surface area contributed by atoms with Crippen LogP contribution in [0.15, 0.2) is 48.5 Å². The van der Waals surface area contributed by atoms with Gasteiger partial charge in [0.1, 0.15) is 26.4 Å². The minimum atomic E-state index is -1.18. The van der Waals surface area contributed by atoms with Gasteiger partial charge in [-0.1, -0.05) is 48.5 Å². The van der Waals surface area contributed by atoms with Gasteiger partial charge in [0.2, 0.25) is 0 Å². The predicted octanol–water partition coefficient (Wildman–Crippen LogP) is 2.10. The number of carbonyl (C=O) groups excluding carboxylic acids is 3. The lowest BCUT2D eigenvalue weighted by Gasteiger charge is -2.14. The van der Waals surface area contributed by atoms with Crippen molar-refractivity contribution < 1.29 is 48.0 Å². The Kier molecular flexibility index (Phi) is 12.5. The lowest BCUT2D eigenvalue weighted by Crippen LogP contribution is -2.31. The monoisotopic (exact) mass is 559 g/mol. The molecule has 0 bridgehead atoms. The summed E-state index contributed by atoms with van der Waals surface area (Å²) in [5.41, 5.74) is 4.61. The van der Waals surface area contributed by atoms with Crippen LogP contribution in [-0.2, 0) is 28.5 Å². The molecule has 1 aliphatic rings. The maximum atomic E-state index is 12.1. The molecule has 0 saturated heterocycles. The van der Waals surface area contributed by atoms with E-state index in [1.165, 1.54) is 0 Å². The van der Waals surface area contributed by atoms with E-state index in [1.54, 1.807) is 0 Å². The first-order valence-corrected chi connectivity index (χ1v) is 12.7. The maximum absolute atomic E-state index is 12.1. The number of carboxylic acids is 1. The molecule has 0 atom stereocenters. The van der Waals surface area contributed by atoms with Gasteiger partial charge in [0.05, 0.1) is 26.4 Å². The summed E-state index contributed by atoms with van der Waals surface area (Å²) in [5, 5.41) is 15.6. The molecule has 0 fully saturated rings. The van der Waals surface area contributed by atoms with Gasteiger partial charge in [0, 0.05) is 19.0 Å². The van der Waals surface area contributed by atoms with Gasteiger partial charge in [-0.25, -0.2) is 14.4 Å². The molecule has 1 aliphatic carbocycles. The van der Waals surface area contributed by atoms with Crippen LogP contribution in [0, 0.1) is 0 Å². The molecule has 13 heteroatoms. The Balaban J connectivity index is 1.15. The van der Waals surface area contributed by atoms with Crippen molar-refractivity contribution in [2.45, 2.75) is 5.92 Å². The Hall–Kier alpha value is -4.36. The van der Waals surface area contributed by atoms with Gasteiger partial charge in [0.25, 0.3) is 0 Å². The van der Waals surface area contributed by atoms with Crippen molar-refractivity contribution in [3.63, 3.8) is 0 Å². The molecule has 40 heavy (non-hydrogen) atoms. The van der Waals surface area contributed by atoms with Gasteiger partial charge in [-0.2, -0.15) is 0 Å². The normalized spacial score (nSPS) is 11.6. The van der Waals surface area contributed by atoms with Gasteiger partial charge in [-0.05, 0) is 22.3 Å². The van der Waals surface area contributed by atoms with Crippen LogP contribution in [0.1, 0.15) is 17.0 Å². The van der Waals surface area contributed by atoms with Crippen LogP contribution in [0.5, 0.6) is 0 Å². The molecule has 0 aromatic heterocycles. The minimum absolute atomic E-state index is 0.0108. The van der Waals surface area contributed by atoms with Crippen LogP contribution in [0.2, 0.25) is 0 Å². The summed E-state index contributed by atoms with van der Waals surface area (Å²) in [6.45, 7) is 0.684. The predicted molar refractivity (Wildman–Crippen MR) is 141 cm³/mol. The molecule has 0 spiro atoms. The standard InChI is InChI=1S/C27H33N3O10/c31-24(32)17-30-27(35)39-16-14-36-11-9-28-25(33)38-15-13-37-12-10-29-26(34)40-18-23-21-7-3-1-5-19(21)20-6-2-4-8-22(20)23/h1-8,23H,9-18H2,(H,28,33)(H,29,34)(H,30,35)(H,31,32). The Morgan fingerprint density at radius 2 is 1.10 bits per heavy atom. The van der Waals surface area contributed by atoms with E-state index < -0.39 is 30.8 Å². The van der Waals surface area contributed by atoms with Crippen LogP contribution in [-0.4, -0.2) is 95.2 Å². The average molecular weight is 560 g/mol. The van der Waals surface area contributed by atoms with Gasteiger partial charge in [-0.3, -0.25) is 4.79 Å². The number of amides is 3. The van der Waals surface area contributed by atoms with Crippen LogP contribution in [0.4, 0.5) is 14.4 Å². The van der Waals surface area contributed by atoms with E-state index in [4.69, 9.17) is 24.1 Å². The second-order valence-electron chi connectivity index (χ2n) is 8.42. The number of rotatable bonds is 16. The lowest BCUT2D eigenvalue weighted by molar-refractivity contribution is -0.135.